The molecule has 33 heavy (non-hydrogen) atoms. The zero-order valence-corrected chi connectivity index (χ0v) is 18.3. The lowest BCUT2D eigenvalue weighted by Crippen LogP contribution is -2.29. The number of ether oxygens (including phenoxy) is 1. The topological polar surface area (TPSA) is 85.5 Å². The van der Waals surface area contributed by atoms with E-state index < -0.39 is 11.9 Å². The molecule has 0 saturated carbocycles. The number of hydrogen-bond donors (Lipinski definition) is 0. The van der Waals surface area contributed by atoms with Crippen LogP contribution in [-0.4, -0.2) is 22.5 Å². The van der Waals surface area contributed by atoms with Gasteiger partial charge in [0.05, 0.1) is 33.8 Å². The van der Waals surface area contributed by atoms with Crippen LogP contribution in [0.5, 0.6) is 5.75 Å². The second kappa shape index (κ2) is 7.53. The number of thiazole rings is 1. The van der Waals surface area contributed by atoms with Crippen LogP contribution in [0.4, 0.5) is 5.13 Å². The third-order valence-electron chi connectivity index (χ3n) is 5.64. The quantitative estimate of drug-likeness (QED) is 0.381. The van der Waals surface area contributed by atoms with E-state index in [1.807, 2.05) is 31.2 Å². The molecular weight excluding hydrogens is 438 g/mol. The van der Waals surface area contributed by atoms with Gasteiger partial charge in [0.1, 0.15) is 11.3 Å². The van der Waals surface area contributed by atoms with Crippen LogP contribution in [-0.2, 0) is 0 Å². The van der Waals surface area contributed by atoms with Gasteiger partial charge < -0.3 is 9.15 Å². The van der Waals surface area contributed by atoms with Crippen LogP contribution >= 0.6 is 11.3 Å². The molecule has 1 amide bonds. The van der Waals surface area contributed by atoms with Crippen molar-refractivity contribution in [1.82, 2.24) is 9.97 Å². The summed E-state index contributed by atoms with van der Waals surface area (Å²) in [5.41, 5.74) is 1.92. The van der Waals surface area contributed by atoms with Gasteiger partial charge in [-0.1, -0.05) is 29.5 Å². The Kier molecular flexibility index (Phi) is 4.48. The smallest absolute Gasteiger partial charge is 0.297 e. The first-order valence-electron chi connectivity index (χ1n) is 10.5. The van der Waals surface area contributed by atoms with E-state index in [0.29, 0.717) is 33.8 Å². The van der Waals surface area contributed by atoms with Crippen molar-refractivity contribution >= 4 is 43.6 Å². The highest BCUT2D eigenvalue weighted by Crippen LogP contribution is 2.43. The minimum absolute atomic E-state index is 0.0433. The Morgan fingerprint density at radius 3 is 2.82 bits per heavy atom. The van der Waals surface area contributed by atoms with Gasteiger partial charge in [0.15, 0.2) is 10.6 Å². The van der Waals surface area contributed by atoms with Crippen LogP contribution < -0.4 is 15.1 Å². The standard InChI is InChI=1S/C25H17N3O4S/c1-2-31-15-9-10-17-19(12-15)33-25(27-17)28-21(14-6-5-11-26-13-14)20-22(29)16-7-3-4-8-18(16)32-23(20)24(28)30/h3-13,21H,2H2,1H3/t21-/m1/s1. The number of pyridine rings is 1. The average Bonchev–Trinajstić information content (AvgIpc) is 3.38. The number of hydrogen-bond acceptors (Lipinski definition) is 7. The summed E-state index contributed by atoms with van der Waals surface area (Å²) in [6, 6.07) is 15.5. The SMILES string of the molecule is CCOc1ccc2nc(N3C(=O)c4oc5ccccc5c(=O)c4[C@H]3c3cccnc3)sc2c1. The first kappa shape index (κ1) is 19.6. The zero-order chi connectivity index (χ0) is 22.5. The number of aromatic nitrogens is 2. The Hall–Kier alpha value is -4.04. The fourth-order valence-corrected chi connectivity index (χ4v) is 5.24. The molecule has 3 aromatic heterocycles. The van der Waals surface area contributed by atoms with Crippen LogP contribution in [0.2, 0.25) is 0 Å². The number of fused-ring (bicyclic) bond motifs is 3. The largest absolute Gasteiger partial charge is 0.494 e. The molecule has 0 unspecified atom stereocenters. The molecule has 0 aliphatic carbocycles. The molecule has 0 radical (unpaired) electrons. The lowest BCUT2D eigenvalue weighted by molar-refractivity contribution is 0.0971. The molecule has 0 bridgehead atoms. The fraction of sp³-hybridized carbons (Fsp3) is 0.120. The van der Waals surface area contributed by atoms with Crippen LogP contribution in [0.1, 0.15) is 34.6 Å². The van der Waals surface area contributed by atoms with Gasteiger partial charge in [0.2, 0.25) is 5.76 Å². The van der Waals surface area contributed by atoms with Gasteiger partial charge in [-0.15, -0.1) is 0 Å². The summed E-state index contributed by atoms with van der Waals surface area (Å²) < 4.78 is 12.5. The van der Waals surface area contributed by atoms with Crippen LogP contribution in [0.3, 0.4) is 0 Å². The maximum atomic E-state index is 13.6. The van der Waals surface area contributed by atoms with Crippen LogP contribution in [0.15, 0.2) is 76.2 Å². The summed E-state index contributed by atoms with van der Waals surface area (Å²) in [5.74, 6) is 0.385. The monoisotopic (exact) mass is 455 g/mol. The van der Waals surface area contributed by atoms with E-state index in [0.717, 1.165) is 16.0 Å². The maximum Gasteiger partial charge on any atom is 0.297 e. The van der Waals surface area contributed by atoms with Crippen molar-refractivity contribution in [3.05, 3.63) is 94.1 Å². The second-order valence-electron chi connectivity index (χ2n) is 7.59. The summed E-state index contributed by atoms with van der Waals surface area (Å²) >= 11 is 1.37. The normalized spacial score (nSPS) is 15.4. The number of anilines is 1. The highest BCUT2D eigenvalue weighted by Gasteiger charge is 2.45. The molecule has 1 atom stereocenters. The van der Waals surface area contributed by atoms with E-state index in [4.69, 9.17) is 14.1 Å². The number of benzene rings is 2. The Morgan fingerprint density at radius 1 is 1.12 bits per heavy atom. The van der Waals surface area contributed by atoms with Gasteiger partial charge in [0, 0.05) is 12.4 Å². The van der Waals surface area contributed by atoms with Gasteiger partial charge in [0.25, 0.3) is 5.91 Å². The van der Waals surface area contributed by atoms with Crippen molar-refractivity contribution in [3.8, 4) is 5.75 Å². The molecule has 4 heterocycles. The van der Waals surface area contributed by atoms with Crippen LogP contribution in [0, 0.1) is 0 Å². The predicted molar refractivity (Wildman–Crippen MR) is 126 cm³/mol. The molecule has 8 heteroatoms. The predicted octanol–water partition coefficient (Wildman–Crippen LogP) is 4.95. The lowest BCUT2D eigenvalue weighted by Gasteiger charge is -2.22. The fourth-order valence-electron chi connectivity index (χ4n) is 4.22. The molecule has 1 aliphatic heterocycles. The molecular formula is C25H17N3O4S. The number of rotatable bonds is 4. The van der Waals surface area contributed by atoms with Gasteiger partial charge in [-0.2, -0.15) is 0 Å². The zero-order valence-electron chi connectivity index (χ0n) is 17.5. The molecule has 0 fully saturated rings. The number of amides is 1. The molecule has 0 N–H and O–H groups in total. The minimum atomic E-state index is -0.686. The van der Waals surface area contributed by atoms with Gasteiger partial charge in [-0.05, 0) is 48.9 Å². The summed E-state index contributed by atoms with van der Waals surface area (Å²) in [6.07, 6.45) is 3.32. The Morgan fingerprint density at radius 2 is 2.00 bits per heavy atom. The average molecular weight is 455 g/mol. The van der Waals surface area contributed by atoms with E-state index in [2.05, 4.69) is 4.98 Å². The lowest BCUT2D eigenvalue weighted by atomic mass is 10.0. The molecule has 7 nitrogen and oxygen atoms in total. The second-order valence-corrected chi connectivity index (χ2v) is 8.60. The third kappa shape index (κ3) is 3.02. The highest BCUT2D eigenvalue weighted by molar-refractivity contribution is 7.22. The molecule has 5 aromatic rings. The van der Waals surface area contributed by atoms with Gasteiger partial charge in [-0.3, -0.25) is 19.5 Å². The molecule has 6 rings (SSSR count). The van der Waals surface area contributed by atoms with Gasteiger partial charge >= 0.3 is 0 Å². The molecule has 162 valence electrons. The van der Waals surface area contributed by atoms with Crippen molar-refractivity contribution in [1.29, 1.82) is 0 Å². The number of nitrogens with zero attached hydrogens (tertiary/aromatic N) is 3. The third-order valence-corrected chi connectivity index (χ3v) is 6.66. The van der Waals surface area contributed by atoms with E-state index in [1.165, 1.54) is 16.2 Å². The first-order chi connectivity index (χ1) is 16.2. The number of carbonyl (C=O) groups excluding carboxylic acids is 1. The molecule has 1 aliphatic rings. The summed E-state index contributed by atoms with van der Waals surface area (Å²) in [4.78, 5) is 37.6. The molecule has 0 saturated heterocycles. The summed E-state index contributed by atoms with van der Waals surface area (Å²) in [6.45, 7) is 2.48. The minimum Gasteiger partial charge on any atom is -0.494 e. The Bertz CT molecular complexity index is 1590. The van der Waals surface area contributed by atoms with E-state index >= 15 is 0 Å². The number of carbonyl (C=O) groups is 1. The van der Waals surface area contributed by atoms with Crippen molar-refractivity contribution in [2.45, 2.75) is 13.0 Å². The number of para-hydroxylation sites is 1. The Labute approximate surface area is 191 Å². The first-order valence-corrected chi connectivity index (χ1v) is 11.3. The Balaban J connectivity index is 1.58. The van der Waals surface area contributed by atoms with Crippen LogP contribution in [0.25, 0.3) is 21.2 Å². The van der Waals surface area contributed by atoms with Gasteiger partial charge in [-0.25, -0.2) is 4.98 Å². The summed E-state index contributed by atoms with van der Waals surface area (Å²) in [5, 5.41) is 0.915. The van der Waals surface area contributed by atoms with Crippen molar-refractivity contribution in [3.63, 3.8) is 0 Å². The van der Waals surface area contributed by atoms with Crippen molar-refractivity contribution in [2.24, 2.45) is 0 Å². The van der Waals surface area contributed by atoms with E-state index in [1.54, 1.807) is 42.7 Å². The van der Waals surface area contributed by atoms with Crippen molar-refractivity contribution in [2.75, 3.05) is 11.5 Å². The van der Waals surface area contributed by atoms with Crippen molar-refractivity contribution < 1.29 is 13.9 Å². The summed E-state index contributed by atoms with van der Waals surface area (Å²) in [7, 11) is 0. The highest BCUT2D eigenvalue weighted by atomic mass is 32.1. The maximum absolute atomic E-state index is 13.6. The molecule has 0 spiro atoms. The van der Waals surface area contributed by atoms with E-state index in [9.17, 15) is 9.59 Å². The van der Waals surface area contributed by atoms with E-state index in [-0.39, 0.29) is 11.2 Å². The molecule has 2 aromatic carbocycles.